The molecule has 6 nitrogen and oxygen atoms in total. The average molecular weight is 321 g/mol. The van der Waals surface area contributed by atoms with Crippen LogP contribution < -0.4 is 0 Å². The summed E-state index contributed by atoms with van der Waals surface area (Å²) in [6.45, 7) is 2.07. The Morgan fingerprint density at radius 1 is 1.40 bits per heavy atom. The van der Waals surface area contributed by atoms with E-state index < -0.39 is 10.0 Å². The molecule has 2 rings (SSSR count). The maximum Gasteiger partial charge on any atom is 0.263 e. The van der Waals surface area contributed by atoms with Gasteiger partial charge in [0.2, 0.25) is 5.03 Å². The van der Waals surface area contributed by atoms with Gasteiger partial charge in [-0.05, 0) is 32.9 Å². The molecule has 2 heterocycles. The first-order chi connectivity index (χ1) is 9.32. The summed E-state index contributed by atoms with van der Waals surface area (Å²) in [5.41, 5.74) is 0. The number of imidazole rings is 1. The number of rotatable bonds is 4. The molecule has 1 fully saturated rings. The van der Waals surface area contributed by atoms with E-state index in [0.717, 1.165) is 19.4 Å². The van der Waals surface area contributed by atoms with Crippen LogP contribution in [0.15, 0.2) is 11.4 Å². The lowest BCUT2D eigenvalue weighted by atomic mass is 9.98. The summed E-state index contributed by atoms with van der Waals surface area (Å²) in [6.07, 6.45) is 3.18. The van der Waals surface area contributed by atoms with Gasteiger partial charge in [-0.3, -0.25) is 0 Å². The number of nitrogens with zero attached hydrogens (tertiary/aromatic N) is 4. The molecule has 0 bridgehead atoms. The van der Waals surface area contributed by atoms with Gasteiger partial charge in [-0.2, -0.15) is 4.31 Å². The SMILES string of the molecule is CN(C)CC1CCN(S(=O)(=O)c2ncn(C)c2Cl)CC1. The minimum atomic E-state index is -3.57. The Balaban J connectivity index is 2.08. The van der Waals surface area contributed by atoms with E-state index >= 15 is 0 Å². The molecule has 8 heteroatoms. The van der Waals surface area contributed by atoms with Crippen molar-refractivity contribution < 1.29 is 8.42 Å². The Kier molecular flexibility index (Phi) is 4.73. The van der Waals surface area contributed by atoms with Crippen molar-refractivity contribution in [3.05, 3.63) is 11.5 Å². The van der Waals surface area contributed by atoms with E-state index in [1.807, 2.05) is 14.1 Å². The topological polar surface area (TPSA) is 58.4 Å². The molecular formula is C12H21ClN4O2S. The second kappa shape index (κ2) is 6.01. The van der Waals surface area contributed by atoms with Gasteiger partial charge < -0.3 is 9.47 Å². The average Bonchev–Trinajstić information content (AvgIpc) is 2.70. The van der Waals surface area contributed by atoms with Crippen molar-refractivity contribution in [2.24, 2.45) is 13.0 Å². The minimum absolute atomic E-state index is 0.0345. The predicted octanol–water partition coefficient (Wildman–Crippen LogP) is 1.04. The predicted molar refractivity (Wildman–Crippen MR) is 78.3 cm³/mol. The molecule has 0 aliphatic carbocycles. The second-order valence-corrected chi connectivity index (χ2v) is 7.77. The molecule has 0 N–H and O–H groups in total. The van der Waals surface area contributed by atoms with E-state index in [-0.39, 0.29) is 10.2 Å². The molecule has 0 radical (unpaired) electrons. The Hall–Kier alpha value is -0.630. The summed E-state index contributed by atoms with van der Waals surface area (Å²) in [7, 11) is 2.19. The Morgan fingerprint density at radius 2 is 2.00 bits per heavy atom. The normalized spacial score (nSPS) is 18.9. The van der Waals surface area contributed by atoms with Crippen LogP contribution in [-0.4, -0.2) is 60.9 Å². The number of aryl methyl sites for hydroxylation is 1. The van der Waals surface area contributed by atoms with Gasteiger partial charge in [0.25, 0.3) is 10.0 Å². The van der Waals surface area contributed by atoms with Crippen LogP contribution in [0.25, 0.3) is 0 Å². The highest BCUT2D eigenvalue weighted by molar-refractivity contribution is 7.89. The van der Waals surface area contributed by atoms with Crippen LogP contribution in [0.2, 0.25) is 5.15 Å². The van der Waals surface area contributed by atoms with Crippen molar-refractivity contribution in [1.29, 1.82) is 0 Å². The van der Waals surface area contributed by atoms with E-state index in [1.54, 1.807) is 7.05 Å². The van der Waals surface area contributed by atoms with Crippen LogP contribution in [0, 0.1) is 5.92 Å². The van der Waals surface area contributed by atoms with Crippen molar-refractivity contribution in [2.45, 2.75) is 17.9 Å². The summed E-state index contributed by atoms with van der Waals surface area (Å²) in [5, 5.41) is 0.133. The van der Waals surface area contributed by atoms with Gasteiger partial charge in [-0.25, -0.2) is 13.4 Å². The molecule has 0 spiro atoms. The number of sulfonamides is 1. The highest BCUT2D eigenvalue weighted by Crippen LogP contribution is 2.27. The van der Waals surface area contributed by atoms with E-state index in [9.17, 15) is 8.42 Å². The lowest BCUT2D eigenvalue weighted by molar-refractivity contribution is 0.224. The minimum Gasteiger partial charge on any atom is -0.324 e. The zero-order valence-corrected chi connectivity index (χ0v) is 13.7. The van der Waals surface area contributed by atoms with Gasteiger partial charge in [-0.15, -0.1) is 0 Å². The monoisotopic (exact) mass is 320 g/mol. The summed E-state index contributed by atoms with van der Waals surface area (Å²) >= 11 is 6.00. The van der Waals surface area contributed by atoms with Crippen LogP contribution in [0.3, 0.4) is 0 Å². The third kappa shape index (κ3) is 3.16. The highest BCUT2D eigenvalue weighted by Gasteiger charge is 2.33. The van der Waals surface area contributed by atoms with E-state index in [1.165, 1.54) is 15.2 Å². The van der Waals surface area contributed by atoms with Crippen molar-refractivity contribution >= 4 is 21.6 Å². The third-order valence-electron chi connectivity index (χ3n) is 3.62. The molecule has 1 aliphatic rings. The first-order valence-corrected chi connectivity index (χ1v) is 8.46. The van der Waals surface area contributed by atoms with Crippen molar-refractivity contribution in [3.63, 3.8) is 0 Å². The molecule has 20 heavy (non-hydrogen) atoms. The molecule has 1 aliphatic heterocycles. The number of hydrogen-bond acceptors (Lipinski definition) is 4. The van der Waals surface area contributed by atoms with E-state index in [0.29, 0.717) is 19.0 Å². The first kappa shape index (κ1) is 15.8. The van der Waals surface area contributed by atoms with Gasteiger partial charge >= 0.3 is 0 Å². The summed E-state index contributed by atoms with van der Waals surface area (Å²) in [5.74, 6) is 0.552. The van der Waals surface area contributed by atoms with Crippen LogP contribution in [0.1, 0.15) is 12.8 Å². The molecule has 0 amide bonds. The smallest absolute Gasteiger partial charge is 0.263 e. The molecule has 1 aromatic rings. The van der Waals surface area contributed by atoms with Crippen LogP contribution in [-0.2, 0) is 17.1 Å². The second-order valence-electron chi connectivity index (χ2n) is 5.56. The Morgan fingerprint density at radius 3 is 2.45 bits per heavy atom. The van der Waals surface area contributed by atoms with Crippen molar-refractivity contribution in [3.8, 4) is 0 Å². The number of hydrogen-bond donors (Lipinski definition) is 0. The molecule has 0 saturated carbocycles. The standard InChI is InChI=1S/C12H21ClN4O2S/c1-15(2)8-10-4-6-17(7-5-10)20(18,19)12-11(13)16(3)9-14-12/h9-10H,4-8H2,1-3H3. The fourth-order valence-corrected chi connectivity index (χ4v) is 4.40. The summed E-state index contributed by atoms with van der Waals surface area (Å²) < 4.78 is 28.0. The number of piperidine rings is 1. The first-order valence-electron chi connectivity index (χ1n) is 6.64. The van der Waals surface area contributed by atoms with Gasteiger partial charge in [0.15, 0.2) is 0 Å². The Bertz CT molecular complexity index is 562. The highest BCUT2D eigenvalue weighted by atomic mass is 35.5. The zero-order valence-electron chi connectivity index (χ0n) is 12.1. The molecule has 114 valence electrons. The zero-order chi connectivity index (χ0) is 14.9. The van der Waals surface area contributed by atoms with E-state index in [4.69, 9.17) is 11.6 Å². The quantitative estimate of drug-likeness (QED) is 0.831. The number of halogens is 1. The largest absolute Gasteiger partial charge is 0.324 e. The fraction of sp³-hybridized carbons (Fsp3) is 0.750. The van der Waals surface area contributed by atoms with Crippen LogP contribution >= 0.6 is 11.6 Å². The van der Waals surface area contributed by atoms with Crippen molar-refractivity contribution in [1.82, 2.24) is 18.8 Å². The Labute approximate surface area is 125 Å². The summed E-state index contributed by atoms with van der Waals surface area (Å²) in [4.78, 5) is 6.07. The molecule has 0 atom stereocenters. The van der Waals surface area contributed by atoms with Crippen LogP contribution in [0.5, 0.6) is 0 Å². The molecule has 1 saturated heterocycles. The molecule has 1 aromatic heterocycles. The lowest BCUT2D eigenvalue weighted by Gasteiger charge is -2.32. The summed E-state index contributed by atoms with van der Waals surface area (Å²) in [6, 6.07) is 0. The van der Waals surface area contributed by atoms with Crippen molar-refractivity contribution in [2.75, 3.05) is 33.7 Å². The van der Waals surface area contributed by atoms with E-state index in [2.05, 4.69) is 9.88 Å². The van der Waals surface area contributed by atoms with Gasteiger partial charge in [0.05, 0.1) is 6.33 Å². The molecule has 0 aromatic carbocycles. The fourth-order valence-electron chi connectivity index (χ4n) is 2.54. The van der Waals surface area contributed by atoms with Gasteiger partial charge in [-0.1, -0.05) is 11.6 Å². The van der Waals surface area contributed by atoms with Crippen LogP contribution in [0.4, 0.5) is 0 Å². The van der Waals surface area contributed by atoms with Gasteiger partial charge in [0, 0.05) is 26.7 Å². The molecule has 0 unspecified atom stereocenters. The molecular weight excluding hydrogens is 300 g/mol. The maximum atomic E-state index is 12.5. The van der Waals surface area contributed by atoms with Gasteiger partial charge in [0.1, 0.15) is 5.15 Å². The maximum absolute atomic E-state index is 12.5. The lowest BCUT2D eigenvalue weighted by Crippen LogP contribution is -2.40. The third-order valence-corrected chi connectivity index (χ3v) is 6.01. The number of aromatic nitrogens is 2.